The topological polar surface area (TPSA) is 20.3 Å². The van der Waals surface area contributed by atoms with Crippen LogP contribution in [-0.2, 0) is 0 Å². The normalized spacial score (nSPS) is 11.8. The molecule has 2 aromatic carbocycles. The van der Waals surface area contributed by atoms with E-state index in [1.807, 2.05) is 69.4 Å². The first-order valence-corrected chi connectivity index (χ1v) is 6.67. The van der Waals surface area contributed by atoms with E-state index in [0.29, 0.717) is 5.56 Å². The Kier molecular flexibility index (Phi) is 4.36. The van der Waals surface area contributed by atoms with Crippen LogP contribution in [0, 0.1) is 0 Å². The molecule has 0 aromatic heterocycles. The molecule has 0 heterocycles. The molecule has 0 aliphatic carbocycles. The van der Waals surface area contributed by atoms with Crippen molar-refractivity contribution in [3.8, 4) is 0 Å². The lowest BCUT2D eigenvalue weighted by molar-refractivity contribution is 0.0837. The van der Waals surface area contributed by atoms with Crippen molar-refractivity contribution in [2.75, 3.05) is 7.05 Å². The smallest absolute Gasteiger partial charge is 0.257 e. The molecule has 0 aliphatic rings. The minimum Gasteiger partial charge on any atom is -0.315 e. The summed E-state index contributed by atoms with van der Waals surface area (Å²) < 4.78 is 0. The summed E-state index contributed by atoms with van der Waals surface area (Å²) in [6, 6.07) is 19.5. The van der Waals surface area contributed by atoms with Crippen molar-refractivity contribution in [2.45, 2.75) is 13.8 Å². The first kappa shape index (κ1) is 14.1. The fourth-order valence-electron chi connectivity index (χ4n) is 2.08. The number of amides is 1. The van der Waals surface area contributed by atoms with Crippen molar-refractivity contribution in [1.82, 2.24) is 4.90 Å². The quantitative estimate of drug-likeness (QED) is 0.814. The van der Waals surface area contributed by atoms with Gasteiger partial charge in [0, 0.05) is 18.3 Å². The van der Waals surface area contributed by atoms with E-state index in [1.54, 1.807) is 4.90 Å². The summed E-state index contributed by atoms with van der Waals surface area (Å²) in [6.45, 7) is 4.02. The number of hydrogen-bond donors (Lipinski definition) is 0. The number of rotatable bonds is 3. The summed E-state index contributed by atoms with van der Waals surface area (Å²) in [5.41, 5.74) is 3.91. The molecule has 2 aromatic rings. The van der Waals surface area contributed by atoms with Gasteiger partial charge in [-0.05, 0) is 37.1 Å². The van der Waals surface area contributed by atoms with E-state index in [9.17, 15) is 4.79 Å². The van der Waals surface area contributed by atoms with Gasteiger partial charge in [0.25, 0.3) is 5.91 Å². The lowest BCUT2D eigenvalue weighted by Gasteiger charge is -2.20. The second kappa shape index (κ2) is 6.20. The maximum Gasteiger partial charge on any atom is 0.257 e. The molecule has 0 unspecified atom stereocenters. The third-order valence-electron chi connectivity index (χ3n) is 3.58. The van der Waals surface area contributed by atoms with Gasteiger partial charge in [0.15, 0.2) is 0 Å². The van der Waals surface area contributed by atoms with Gasteiger partial charge in [0.05, 0.1) is 0 Å². The van der Waals surface area contributed by atoms with Crippen LogP contribution in [0.5, 0.6) is 0 Å². The molecule has 2 heteroatoms. The Hall–Kier alpha value is -2.35. The predicted octanol–water partition coefficient (Wildman–Crippen LogP) is 4.21. The average Bonchev–Trinajstić information content (AvgIpc) is 2.53. The summed E-state index contributed by atoms with van der Waals surface area (Å²) in [5, 5.41) is 0. The Morgan fingerprint density at radius 3 is 1.75 bits per heavy atom. The molecule has 0 bridgehead atoms. The molecular weight excluding hydrogens is 246 g/mol. The van der Waals surface area contributed by atoms with E-state index in [2.05, 4.69) is 12.1 Å². The van der Waals surface area contributed by atoms with Gasteiger partial charge < -0.3 is 4.90 Å². The fourth-order valence-corrected chi connectivity index (χ4v) is 2.08. The van der Waals surface area contributed by atoms with Crippen molar-refractivity contribution in [1.29, 1.82) is 0 Å². The summed E-state index contributed by atoms with van der Waals surface area (Å²) in [4.78, 5) is 14.1. The summed E-state index contributed by atoms with van der Waals surface area (Å²) >= 11 is 0. The highest BCUT2D eigenvalue weighted by Crippen LogP contribution is 2.20. The molecule has 0 fully saturated rings. The first-order valence-electron chi connectivity index (χ1n) is 6.67. The van der Waals surface area contributed by atoms with E-state index < -0.39 is 0 Å². The molecule has 1 amide bonds. The zero-order valence-electron chi connectivity index (χ0n) is 12.1. The second-order valence-corrected chi connectivity index (χ2v) is 4.81. The SMILES string of the molecule is C/C(=C(\C)N(C)C(=O)c1ccccc1)c1ccccc1. The van der Waals surface area contributed by atoms with Crippen LogP contribution in [0.2, 0.25) is 0 Å². The molecule has 2 nitrogen and oxygen atoms in total. The monoisotopic (exact) mass is 265 g/mol. The Bertz CT molecular complexity index is 614. The van der Waals surface area contributed by atoms with Crippen LogP contribution < -0.4 is 0 Å². The highest BCUT2D eigenvalue weighted by atomic mass is 16.2. The van der Waals surface area contributed by atoms with Gasteiger partial charge in [-0.2, -0.15) is 0 Å². The Labute approximate surface area is 120 Å². The molecule has 0 radical (unpaired) electrons. The first-order chi connectivity index (χ1) is 9.61. The highest BCUT2D eigenvalue weighted by Gasteiger charge is 2.14. The van der Waals surface area contributed by atoms with Crippen molar-refractivity contribution in [2.24, 2.45) is 0 Å². The minimum atomic E-state index is 0.0124. The Morgan fingerprint density at radius 1 is 0.800 bits per heavy atom. The maximum atomic E-state index is 12.4. The third-order valence-corrected chi connectivity index (χ3v) is 3.58. The van der Waals surface area contributed by atoms with Crippen LogP contribution in [0.3, 0.4) is 0 Å². The molecule has 20 heavy (non-hydrogen) atoms. The molecular formula is C18H19NO. The van der Waals surface area contributed by atoms with Gasteiger partial charge in [0.1, 0.15) is 0 Å². The van der Waals surface area contributed by atoms with Crippen LogP contribution >= 0.6 is 0 Å². The van der Waals surface area contributed by atoms with Gasteiger partial charge in [-0.1, -0.05) is 48.5 Å². The van der Waals surface area contributed by atoms with E-state index in [1.165, 1.54) is 0 Å². The van der Waals surface area contributed by atoms with Crippen LogP contribution in [-0.4, -0.2) is 17.9 Å². The van der Waals surface area contributed by atoms with Gasteiger partial charge in [0.2, 0.25) is 0 Å². The molecule has 0 spiro atoms. The molecule has 0 saturated carbocycles. The van der Waals surface area contributed by atoms with Crippen molar-refractivity contribution in [3.63, 3.8) is 0 Å². The lowest BCUT2D eigenvalue weighted by atomic mass is 10.1. The number of hydrogen-bond acceptors (Lipinski definition) is 1. The molecule has 0 N–H and O–H groups in total. The number of carbonyl (C=O) groups is 1. The second-order valence-electron chi connectivity index (χ2n) is 4.81. The van der Waals surface area contributed by atoms with Crippen LogP contribution in [0.15, 0.2) is 66.4 Å². The number of carbonyl (C=O) groups excluding carboxylic acids is 1. The highest BCUT2D eigenvalue weighted by molar-refractivity contribution is 5.95. The van der Waals surface area contributed by atoms with E-state index in [4.69, 9.17) is 0 Å². The van der Waals surface area contributed by atoms with Crippen molar-refractivity contribution in [3.05, 3.63) is 77.5 Å². The van der Waals surface area contributed by atoms with E-state index in [0.717, 1.165) is 16.8 Å². The maximum absolute atomic E-state index is 12.4. The fraction of sp³-hybridized carbons (Fsp3) is 0.167. The summed E-state index contributed by atoms with van der Waals surface area (Å²) in [6.07, 6.45) is 0. The zero-order valence-corrected chi connectivity index (χ0v) is 12.1. The zero-order chi connectivity index (χ0) is 14.5. The largest absolute Gasteiger partial charge is 0.315 e. The van der Waals surface area contributed by atoms with E-state index >= 15 is 0 Å². The molecule has 2 rings (SSSR count). The molecule has 0 aliphatic heterocycles. The lowest BCUT2D eigenvalue weighted by Crippen LogP contribution is -2.25. The number of allylic oxidation sites excluding steroid dienone is 2. The van der Waals surface area contributed by atoms with Gasteiger partial charge in [-0.25, -0.2) is 0 Å². The Balaban J connectivity index is 2.29. The van der Waals surface area contributed by atoms with Crippen molar-refractivity contribution >= 4 is 11.5 Å². The Morgan fingerprint density at radius 2 is 1.25 bits per heavy atom. The van der Waals surface area contributed by atoms with Crippen LogP contribution in [0.25, 0.3) is 5.57 Å². The minimum absolute atomic E-state index is 0.0124. The van der Waals surface area contributed by atoms with Gasteiger partial charge in [-0.3, -0.25) is 4.79 Å². The van der Waals surface area contributed by atoms with Crippen LogP contribution in [0.1, 0.15) is 29.8 Å². The number of nitrogens with zero attached hydrogens (tertiary/aromatic N) is 1. The number of benzene rings is 2. The molecule has 102 valence electrons. The van der Waals surface area contributed by atoms with E-state index in [-0.39, 0.29) is 5.91 Å². The summed E-state index contributed by atoms with van der Waals surface area (Å²) in [5.74, 6) is 0.0124. The van der Waals surface area contributed by atoms with Gasteiger partial charge in [-0.15, -0.1) is 0 Å². The predicted molar refractivity (Wildman–Crippen MR) is 83.2 cm³/mol. The molecule has 0 atom stereocenters. The third kappa shape index (κ3) is 2.97. The average molecular weight is 265 g/mol. The van der Waals surface area contributed by atoms with Crippen molar-refractivity contribution < 1.29 is 4.79 Å². The standard InChI is InChI=1S/C18H19NO/c1-14(16-10-6-4-7-11-16)15(2)19(3)18(20)17-12-8-5-9-13-17/h4-13H,1-3H3/b15-14-. The summed E-state index contributed by atoms with van der Waals surface area (Å²) in [7, 11) is 1.82. The molecule has 0 saturated heterocycles. The van der Waals surface area contributed by atoms with Gasteiger partial charge >= 0.3 is 0 Å². The van der Waals surface area contributed by atoms with Crippen LogP contribution in [0.4, 0.5) is 0 Å².